The summed E-state index contributed by atoms with van der Waals surface area (Å²) in [5.41, 5.74) is 1.13. The number of benzene rings is 1. The summed E-state index contributed by atoms with van der Waals surface area (Å²) in [5, 5.41) is 2.98. The number of carbonyl (C=O) groups excluding carboxylic acids is 1. The minimum absolute atomic E-state index is 0.0717. The minimum Gasteiger partial charge on any atom is -0.350 e. The predicted octanol–water partition coefficient (Wildman–Crippen LogP) is 3.38. The molecule has 0 aliphatic carbocycles. The molecule has 0 heterocycles. The second-order valence-corrected chi connectivity index (χ2v) is 5.48. The molecule has 0 aliphatic rings. The molecule has 1 rings (SSSR count). The first-order chi connectivity index (χ1) is 7.63. The summed E-state index contributed by atoms with van der Waals surface area (Å²) in [6, 6.07) is 8.08. The largest absolute Gasteiger partial charge is 0.350 e. The lowest BCUT2D eigenvalue weighted by Crippen LogP contribution is -2.26. The maximum atomic E-state index is 11.5. The summed E-state index contributed by atoms with van der Waals surface area (Å²) in [4.78, 5) is 11.5. The van der Waals surface area contributed by atoms with Crippen LogP contribution in [0.15, 0.2) is 28.7 Å². The van der Waals surface area contributed by atoms with E-state index in [-0.39, 0.29) is 11.9 Å². The monoisotopic (exact) mass is 301 g/mol. The van der Waals surface area contributed by atoms with E-state index in [0.717, 1.165) is 15.8 Å². The van der Waals surface area contributed by atoms with Crippen LogP contribution in [0.5, 0.6) is 0 Å². The maximum absolute atomic E-state index is 11.5. The van der Waals surface area contributed by atoms with Crippen LogP contribution in [0, 0.1) is 0 Å². The van der Waals surface area contributed by atoms with Gasteiger partial charge in [-0.3, -0.25) is 4.79 Å². The van der Waals surface area contributed by atoms with Crippen LogP contribution in [0.2, 0.25) is 0 Å². The Morgan fingerprint density at radius 1 is 1.44 bits per heavy atom. The molecule has 4 heteroatoms. The molecule has 0 saturated carbocycles. The van der Waals surface area contributed by atoms with Crippen LogP contribution < -0.4 is 5.32 Å². The van der Waals surface area contributed by atoms with Crippen LogP contribution in [-0.4, -0.2) is 17.9 Å². The van der Waals surface area contributed by atoms with Gasteiger partial charge in [0.05, 0.1) is 6.04 Å². The average molecular weight is 302 g/mol. The van der Waals surface area contributed by atoms with E-state index in [9.17, 15) is 4.79 Å². The highest BCUT2D eigenvalue weighted by molar-refractivity contribution is 9.10. The number of amides is 1. The normalized spacial score (nSPS) is 12.2. The molecule has 1 amide bonds. The second kappa shape index (κ2) is 6.97. The molecule has 0 bridgehead atoms. The molecule has 1 N–H and O–H groups in total. The standard InChI is InChI=1S/C12H16BrNOS/c1-9(14-12(15)7-8-16-2)10-3-5-11(13)6-4-10/h3-6,9H,7-8H2,1-2H3,(H,14,15). The number of carbonyl (C=O) groups is 1. The van der Waals surface area contributed by atoms with Gasteiger partial charge in [0.1, 0.15) is 0 Å². The van der Waals surface area contributed by atoms with E-state index in [1.54, 1.807) is 11.8 Å². The highest BCUT2D eigenvalue weighted by Crippen LogP contribution is 2.16. The molecule has 0 spiro atoms. The third kappa shape index (κ3) is 4.58. The SMILES string of the molecule is CSCCC(=O)NC(C)c1ccc(Br)cc1. The van der Waals surface area contributed by atoms with Crippen molar-refractivity contribution < 1.29 is 4.79 Å². The molecule has 0 aromatic heterocycles. The Morgan fingerprint density at radius 3 is 2.62 bits per heavy atom. The van der Waals surface area contributed by atoms with Gasteiger partial charge < -0.3 is 5.32 Å². The van der Waals surface area contributed by atoms with Gasteiger partial charge in [-0.15, -0.1) is 0 Å². The first kappa shape index (κ1) is 13.6. The molecule has 0 fully saturated rings. The van der Waals surface area contributed by atoms with E-state index in [1.807, 2.05) is 37.4 Å². The van der Waals surface area contributed by atoms with Crippen LogP contribution in [0.3, 0.4) is 0 Å². The molecule has 0 aliphatic heterocycles. The van der Waals surface area contributed by atoms with Crippen LogP contribution >= 0.6 is 27.7 Å². The fraction of sp³-hybridized carbons (Fsp3) is 0.417. The van der Waals surface area contributed by atoms with Crippen LogP contribution in [0.25, 0.3) is 0 Å². The molecule has 1 atom stereocenters. The fourth-order valence-electron chi connectivity index (χ4n) is 1.34. The summed E-state index contributed by atoms with van der Waals surface area (Å²) in [7, 11) is 0. The van der Waals surface area contributed by atoms with Crippen molar-refractivity contribution >= 4 is 33.6 Å². The molecular formula is C12H16BrNOS. The van der Waals surface area contributed by atoms with E-state index < -0.39 is 0 Å². The molecule has 16 heavy (non-hydrogen) atoms. The van der Waals surface area contributed by atoms with Gasteiger partial charge in [-0.25, -0.2) is 0 Å². The van der Waals surface area contributed by atoms with E-state index in [2.05, 4.69) is 21.2 Å². The number of rotatable bonds is 5. The number of halogens is 1. The Labute approximate surface area is 109 Å². The quantitative estimate of drug-likeness (QED) is 0.903. The van der Waals surface area contributed by atoms with Crippen molar-refractivity contribution in [2.24, 2.45) is 0 Å². The average Bonchev–Trinajstić information content (AvgIpc) is 2.27. The van der Waals surface area contributed by atoms with Crippen LogP contribution in [0.4, 0.5) is 0 Å². The van der Waals surface area contributed by atoms with Crippen molar-refractivity contribution in [2.75, 3.05) is 12.0 Å². The number of hydrogen-bond donors (Lipinski definition) is 1. The third-order valence-electron chi connectivity index (χ3n) is 2.28. The fourth-order valence-corrected chi connectivity index (χ4v) is 2.00. The molecule has 2 nitrogen and oxygen atoms in total. The van der Waals surface area contributed by atoms with Crippen molar-refractivity contribution in [3.63, 3.8) is 0 Å². The van der Waals surface area contributed by atoms with Crippen molar-refractivity contribution in [1.82, 2.24) is 5.32 Å². The number of nitrogens with one attached hydrogen (secondary N) is 1. The zero-order chi connectivity index (χ0) is 12.0. The third-order valence-corrected chi connectivity index (χ3v) is 3.42. The Balaban J connectivity index is 2.48. The van der Waals surface area contributed by atoms with Gasteiger partial charge in [0.15, 0.2) is 0 Å². The molecule has 0 saturated heterocycles. The summed E-state index contributed by atoms with van der Waals surface area (Å²) in [5.74, 6) is 0.989. The topological polar surface area (TPSA) is 29.1 Å². The van der Waals surface area contributed by atoms with E-state index >= 15 is 0 Å². The van der Waals surface area contributed by atoms with E-state index in [1.165, 1.54) is 0 Å². The molecule has 1 aromatic carbocycles. The molecule has 1 unspecified atom stereocenters. The van der Waals surface area contributed by atoms with Crippen molar-refractivity contribution in [1.29, 1.82) is 0 Å². The zero-order valence-corrected chi connectivity index (χ0v) is 11.9. The number of hydrogen-bond acceptors (Lipinski definition) is 2. The maximum Gasteiger partial charge on any atom is 0.221 e. The molecule has 0 radical (unpaired) electrons. The van der Waals surface area contributed by atoms with Gasteiger partial charge in [-0.1, -0.05) is 28.1 Å². The lowest BCUT2D eigenvalue weighted by Gasteiger charge is -2.14. The van der Waals surface area contributed by atoms with E-state index in [0.29, 0.717) is 6.42 Å². The number of thioether (sulfide) groups is 1. The van der Waals surface area contributed by atoms with Crippen molar-refractivity contribution in [3.05, 3.63) is 34.3 Å². The van der Waals surface area contributed by atoms with Gasteiger partial charge in [-0.2, -0.15) is 11.8 Å². The van der Waals surface area contributed by atoms with Gasteiger partial charge in [-0.05, 0) is 30.9 Å². The Morgan fingerprint density at radius 2 is 2.06 bits per heavy atom. The summed E-state index contributed by atoms with van der Waals surface area (Å²) in [6.45, 7) is 2.00. The van der Waals surface area contributed by atoms with Gasteiger partial charge in [0, 0.05) is 16.6 Å². The lowest BCUT2D eigenvalue weighted by atomic mass is 10.1. The Bertz CT molecular complexity index is 339. The van der Waals surface area contributed by atoms with Crippen LogP contribution in [0.1, 0.15) is 24.9 Å². The predicted molar refractivity (Wildman–Crippen MR) is 73.7 cm³/mol. The van der Waals surface area contributed by atoms with E-state index in [4.69, 9.17) is 0 Å². The molecule has 1 aromatic rings. The smallest absolute Gasteiger partial charge is 0.221 e. The lowest BCUT2D eigenvalue weighted by molar-refractivity contribution is -0.121. The summed E-state index contributed by atoms with van der Waals surface area (Å²) < 4.78 is 1.05. The Kier molecular flexibility index (Phi) is 5.91. The second-order valence-electron chi connectivity index (χ2n) is 3.58. The Hall–Kier alpha value is -0.480. The van der Waals surface area contributed by atoms with Crippen LogP contribution in [-0.2, 0) is 4.79 Å². The van der Waals surface area contributed by atoms with Gasteiger partial charge in [0.2, 0.25) is 5.91 Å². The molecule has 88 valence electrons. The van der Waals surface area contributed by atoms with Crippen molar-refractivity contribution in [2.45, 2.75) is 19.4 Å². The van der Waals surface area contributed by atoms with Crippen molar-refractivity contribution in [3.8, 4) is 0 Å². The zero-order valence-electron chi connectivity index (χ0n) is 9.50. The highest BCUT2D eigenvalue weighted by atomic mass is 79.9. The first-order valence-electron chi connectivity index (χ1n) is 5.17. The van der Waals surface area contributed by atoms with Gasteiger partial charge in [0.25, 0.3) is 0 Å². The summed E-state index contributed by atoms with van der Waals surface area (Å²) in [6.07, 6.45) is 2.59. The highest BCUT2D eigenvalue weighted by Gasteiger charge is 2.08. The summed E-state index contributed by atoms with van der Waals surface area (Å²) >= 11 is 5.08. The van der Waals surface area contributed by atoms with Gasteiger partial charge >= 0.3 is 0 Å². The first-order valence-corrected chi connectivity index (χ1v) is 7.36. The molecular weight excluding hydrogens is 286 g/mol. The minimum atomic E-state index is 0.0717.